The molecule has 0 bridgehead atoms. The van der Waals surface area contributed by atoms with Gasteiger partial charge in [-0.2, -0.15) is 0 Å². The Morgan fingerprint density at radius 3 is 2.69 bits per heavy atom. The predicted octanol–water partition coefficient (Wildman–Crippen LogP) is 4.31. The van der Waals surface area contributed by atoms with Gasteiger partial charge in [-0.1, -0.05) is 12.1 Å². The van der Waals surface area contributed by atoms with Crippen molar-refractivity contribution in [3.05, 3.63) is 75.7 Å². The summed E-state index contributed by atoms with van der Waals surface area (Å²) >= 11 is 1.80. The monoisotopic (exact) mass is 366 g/mol. The Morgan fingerprint density at radius 2 is 2.00 bits per heavy atom. The fourth-order valence-corrected chi connectivity index (χ4v) is 4.55. The van der Waals surface area contributed by atoms with Crippen LogP contribution in [0.25, 0.3) is 0 Å². The third kappa shape index (κ3) is 3.20. The van der Waals surface area contributed by atoms with Crippen LogP contribution >= 0.6 is 11.3 Å². The first kappa shape index (κ1) is 17.1. The number of nitrogens with zero attached hydrogens (tertiary/aromatic N) is 2. The van der Waals surface area contributed by atoms with Gasteiger partial charge in [0.1, 0.15) is 0 Å². The summed E-state index contributed by atoms with van der Waals surface area (Å²) in [6, 6.07) is 13.0. The number of rotatable bonds is 5. The van der Waals surface area contributed by atoms with E-state index in [4.69, 9.17) is 9.47 Å². The van der Waals surface area contributed by atoms with E-state index in [0.717, 1.165) is 31.0 Å². The molecule has 3 aromatic rings. The second-order valence-corrected chi connectivity index (χ2v) is 7.38. The van der Waals surface area contributed by atoms with Crippen molar-refractivity contribution < 1.29 is 9.47 Å². The molecule has 26 heavy (non-hydrogen) atoms. The first-order valence-corrected chi connectivity index (χ1v) is 9.59. The number of hydrogen-bond donors (Lipinski definition) is 0. The predicted molar refractivity (Wildman–Crippen MR) is 104 cm³/mol. The molecule has 0 amide bonds. The zero-order valence-corrected chi connectivity index (χ0v) is 15.8. The first-order chi connectivity index (χ1) is 12.8. The lowest BCUT2D eigenvalue weighted by Crippen LogP contribution is -2.35. The van der Waals surface area contributed by atoms with Gasteiger partial charge in [0, 0.05) is 30.4 Å². The molecule has 0 fully saturated rings. The number of thiophene rings is 1. The van der Waals surface area contributed by atoms with Crippen LogP contribution in [0.2, 0.25) is 0 Å². The zero-order chi connectivity index (χ0) is 17.9. The van der Waals surface area contributed by atoms with E-state index in [1.165, 1.54) is 21.6 Å². The van der Waals surface area contributed by atoms with Gasteiger partial charge in [0.15, 0.2) is 11.5 Å². The van der Waals surface area contributed by atoms with Crippen molar-refractivity contribution in [2.24, 2.45) is 0 Å². The van der Waals surface area contributed by atoms with Crippen LogP contribution in [0.4, 0.5) is 0 Å². The van der Waals surface area contributed by atoms with Crippen molar-refractivity contribution in [1.29, 1.82) is 0 Å². The van der Waals surface area contributed by atoms with E-state index >= 15 is 0 Å². The van der Waals surface area contributed by atoms with Crippen molar-refractivity contribution >= 4 is 11.3 Å². The number of aromatic nitrogens is 1. The molecule has 2 aromatic heterocycles. The Morgan fingerprint density at radius 1 is 1.15 bits per heavy atom. The standard InChI is InChI=1S/C21H22N2O2S/c1-24-18-11-16-7-9-23(14-15-5-3-8-22-13-15)21(20-6-4-10-26-20)17(16)12-19(18)25-2/h3-6,8,10-13,21H,7,9,14H2,1-2H3/t21-/m0/s1. The Bertz CT molecular complexity index is 865. The van der Waals surface area contributed by atoms with Crippen LogP contribution in [-0.2, 0) is 13.0 Å². The third-order valence-corrected chi connectivity index (χ3v) is 5.82. The number of pyridine rings is 1. The summed E-state index contributed by atoms with van der Waals surface area (Å²) in [4.78, 5) is 8.15. The lowest BCUT2D eigenvalue weighted by molar-refractivity contribution is 0.206. The molecular formula is C21H22N2O2S. The van der Waals surface area contributed by atoms with E-state index in [1.807, 2.05) is 18.5 Å². The van der Waals surface area contributed by atoms with Crippen LogP contribution in [0.3, 0.4) is 0 Å². The molecule has 0 N–H and O–H groups in total. The minimum atomic E-state index is 0.221. The summed E-state index contributed by atoms with van der Waals surface area (Å²) in [6.07, 6.45) is 4.77. The van der Waals surface area contributed by atoms with Gasteiger partial charge in [-0.25, -0.2) is 0 Å². The molecule has 4 nitrogen and oxygen atoms in total. The number of ether oxygens (including phenoxy) is 2. The molecule has 1 atom stereocenters. The molecule has 0 radical (unpaired) electrons. The number of fused-ring (bicyclic) bond motifs is 1. The lowest BCUT2D eigenvalue weighted by atomic mass is 9.90. The summed E-state index contributed by atoms with van der Waals surface area (Å²) in [7, 11) is 3.39. The molecule has 0 saturated carbocycles. The van der Waals surface area contributed by atoms with Gasteiger partial charge < -0.3 is 9.47 Å². The first-order valence-electron chi connectivity index (χ1n) is 8.71. The van der Waals surface area contributed by atoms with E-state index in [2.05, 4.69) is 45.6 Å². The highest BCUT2D eigenvalue weighted by Crippen LogP contribution is 2.42. The van der Waals surface area contributed by atoms with Crippen LogP contribution < -0.4 is 9.47 Å². The molecular weight excluding hydrogens is 344 g/mol. The molecule has 1 aliphatic rings. The maximum atomic E-state index is 5.57. The Balaban J connectivity index is 1.77. The van der Waals surface area contributed by atoms with Crippen LogP contribution in [0.5, 0.6) is 11.5 Å². The van der Waals surface area contributed by atoms with E-state index in [9.17, 15) is 0 Å². The second-order valence-electron chi connectivity index (χ2n) is 6.41. The van der Waals surface area contributed by atoms with E-state index in [-0.39, 0.29) is 6.04 Å². The average molecular weight is 366 g/mol. The van der Waals surface area contributed by atoms with Crippen LogP contribution in [-0.4, -0.2) is 30.6 Å². The van der Waals surface area contributed by atoms with Gasteiger partial charge in [0.05, 0.1) is 20.3 Å². The van der Waals surface area contributed by atoms with Gasteiger partial charge in [-0.05, 0) is 52.8 Å². The van der Waals surface area contributed by atoms with E-state index < -0.39 is 0 Å². The van der Waals surface area contributed by atoms with Gasteiger partial charge in [-0.3, -0.25) is 9.88 Å². The normalized spacial score (nSPS) is 16.9. The van der Waals surface area contributed by atoms with Gasteiger partial charge in [0.25, 0.3) is 0 Å². The summed E-state index contributed by atoms with van der Waals surface area (Å²) < 4.78 is 11.1. The molecule has 0 aliphatic carbocycles. The van der Waals surface area contributed by atoms with Gasteiger partial charge >= 0.3 is 0 Å². The highest BCUT2D eigenvalue weighted by molar-refractivity contribution is 7.10. The molecule has 0 unspecified atom stereocenters. The third-order valence-electron chi connectivity index (χ3n) is 4.89. The topological polar surface area (TPSA) is 34.6 Å². The average Bonchev–Trinajstić information content (AvgIpc) is 3.21. The zero-order valence-electron chi connectivity index (χ0n) is 15.0. The Kier molecular flexibility index (Phi) is 4.91. The summed E-state index contributed by atoms with van der Waals surface area (Å²) in [5.41, 5.74) is 3.88. The van der Waals surface area contributed by atoms with Crippen LogP contribution in [0.15, 0.2) is 54.2 Å². The molecule has 3 heterocycles. The largest absolute Gasteiger partial charge is 0.493 e. The molecule has 5 heteroatoms. The fourth-order valence-electron chi connectivity index (χ4n) is 3.67. The van der Waals surface area contributed by atoms with Crippen molar-refractivity contribution in [2.45, 2.75) is 19.0 Å². The molecule has 4 rings (SSSR count). The van der Waals surface area contributed by atoms with Crippen molar-refractivity contribution in [3.8, 4) is 11.5 Å². The molecule has 1 aliphatic heterocycles. The summed E-state index contributed by atoms with van der Waals surface area (Å²) in [5, 5.41) is 2.15. The van der Waals surface area contributed by atoms with Gasteiger partial charge in [0.2, 0.25) is 0 Å². The van der Waals surface area contributed by atoms with Crippen molar-refractivity contribution in [1.82, 2.24) is 9.88 Å². The molecule has 0 spiro atoms. The smallest absolute Gasteiger partial charge is 0.161 e. The van der Waals surface area contributed by atoms with Crippen molar-refractivity contribution in [3.63, 3.8) is 0 Å². The van der Waals surface area contributed by atoms with E-state index in [1.54, 1.807) is 25.6 Å². The quantitative estimate of drug-likeness (QED) is 0.674. The number of benzene rings is 1. The highest BCUT2D eigenvalue weighted by atomic mass is 32.1. The van der Waals surface area contributed by atoms with Crippen molar-refractivity contribution in [2.75, 3.05) is 20.8 Å². The maximum absolute atomic E-state index is 5.57. The van der Waals surface area contributed by atoms with Gasteiger partial charge in [-0.15, -0.1) is 11.3 Å². The maximum Gasteiger partial charge on any atom is 0.161 e. The molecule has 134 valence electrons. The van der Waals surface area contributed by atoms with Crippen LogP contribution in [0.1, 0.15) is 27.6 Å². The highest BCUT2D eigenvalue weighted by Gasteiger charge is 2.31. The Hall–Kier alpha value is -2.37. The molecule has 0 saturated heterocycles. The SMILES string of the molecule is COc1cc2c(cc1OC)[C@@H](c1cccs1)N(Cc1cccnc1)CC2. The van der Waals surface area contributed by atoms with Crippen LogP contribution in [0, 0.1) is 0 Å². The minimum absolute atomic E-state index is 0.221. The van der Waals surface area contributed by atoms with E-state index in [0.29, 0.717) is 0 Å². The Labute approximate surface area is 158 Å². The molecule has 1 aromatic carbocycles. The summed E-state index contributed by atoms with van der Waals surface area (Å²) in [6.45, 7) is 1.88. The fraction of sp³-hybridized carbons (Fsp3) is 0.286. The number of hydrogen-bond acceptors (Lipinski definition) is 5. The lowest BCUT2D eigenvalue weighted by Gasteiger charge is -2.37. The summed E-state index contributed by atoms with van der Waals surface area (Å²) in [5.74, 6) is 1.59. The minimum Gasteiger partial charge on any atom is -0.493 e. The number of methoxy groups -OCH3 is 2. The second kappa shape index (κ2) is 7.48.